The lowest BCUT2D eigenvalue weighted by Gasteiger charge is -2.35. The molecule has 3 N–H and O–H groups in total. The van der Waals surface area contributed by atoms with Crippen molar-refractivity contribution in [2.45, 2.75) is 25.9 Å². The minimum Gasteiger partial charge on any atom is -0.336 e. The first-order valence-corrected chi connectivity index (χ1v) is 6.75. The highest BCUT2D eigenvalue weighted by atomic mass is 16.1. The van der Waals surface area contributed by atoms with E-state index in [4.69, 9.17) is 0 Å². The molecule has 0 radical (unpaired) electrons. The molecule has 1 aliphatic rings. The first kappa shape index (κ1) is 12.9. The topological polar surface area (TPSA) is 89.7 Å². The predicted molar refractivity (Wildman–Crippen MR) is 76.7 cm³/mol. The zero-order valence-electron chi connectivity index (χ0n) is 11.6. The molecule has 2 unspecified atom stereocenters. The fourth-order valence-electron chi connectivity index (χ4n) is 2.59. The van der Waals surface area contributed by atoms with Gasteiger partial charge in [0.2, 0.25) is 11.5 Å². The molecular weight excluding hydrogens is 256 g/mol. The third-order valence-corrected chi connectivity index (χ3v) is 3.34. The van der Waals surface area contributed by atoms with Gasteiger partial charge >= 0.3 is 0 Å². The van der Waals surface area contributed by atoms with Crippen molar-refractivity contribution in [3.05, 3.63) is 28.6 Å². The van der Waals surface area contributed by atoms with Crippen LogP contribution >= 0.6 is 0 Å². The number of aromatic nitrogens is 4. The van der Waals surface area contributed by atoms with Gasteiger partial charge in [0.05, 0.1) is 5.69 Å². The van der Waals surface area contributed by atoms with Crippen LogP contribution in [-0.2, 0) is 0 Å². The lowest BCUT2D eigenvalue weighted by Crippen LogP contribution is -2.54. The molecule has 3 rings (SSSR count). The summed E-state index contributed by atoms with van der Waals surface area (Å²) >= 11 is 0. The van der Waals surface area contributed by atoms with E-state index in [1.165, 1.54) is 6.07 Å². The van der Waals surface area contributed by atoms with Crippen molar-refractivity contribution in [2.24, 2.45) is 0 Å². The molecular formula is C13H18N6O. The Balaban J connectivity index is 1.85. The highest BCUT2D eigenvalue weighted by Gasteiger charge is 2.23. The van der Waals surface area contributed by atoms with Gasteiger partial charge in [-0.2, -0.15) is 4.98 Å². The SMILES string of the molecule is CC1CN(c2n[nH]c(-c3cccc(=O)[nH]3)n2)CC(C)N1. The molecule has 7 nitrogen and oxygen atoms in total. The molecule has 20 heavy (non-hydrogen) atoms. The van der Waals surface area contributed by atoms with Crippen LogP contribution in [-0.4, -0.2) is 45.3 Å². The fraction of sp³-hybridized carbons (Fsp3) is 0.462. The summed E-state index contributed by atoms with van der Waals surface area (Å²) in [5.74, 6) is 1.25. The molecule has 106 valence electrons. The molecule has 0 bridgehead atoms. The Morgan fingerprint density at radius 1 is 1.25 bits per heavy atom. The van der Waals surface area contributed by atoms with E-state index < -0.39 is 0 Å². The second-order valence-electron chi connectivity index (χ2n) is 5.29. The van der Waals surface area contributed by atoms with Crippen LogP contribution in [0.5, 0.6) is 0 Å². The van der Waals surface area contributed by atoms with Gasteiger partial charge in [0, 0.05) is 31.2 Å². The highest BCUT2D eigenvalue weighted by molar-refractivity contribution is 5.50. The summed E-state index contributed by atoms with van der Waals surface area (Å²) in [6.07, 6.45) is 0. The van der Waals surface area contributed by atoms with E-state index in [2.05, 4.69) is 44.2 Å². The Labute approximate surface area is 116 Å². The van der Waals surface area contributed by atoms with Gasteiger partial charge in [0.25, 0.3) is 0 Å². The molecule has 2 aromatic rings. The smallest absolute Gasteiger partial charge is 0.248 e. The largest absolute Gasteiger partial charge is 0.336 e. The van der Waals surface area contributed by atoms with Crippen molar-refractivity contribution in [3.63, 3.8) is 0 Å². The molecule has 1 aliphatic heterocycles. The minimum absolute atomic E-state index is 0.148. The number of rotatable bonds is 2. The maximum absolute atomic E-state index is 11.3. The molecule has 0 saturated carbocycles. The average molecular weight is 274 g/mol. The van der Waals surface area contributed by atoms with Gasteiger partial charge in [-0.3, -0.25) is 9.89 Å². The molecule has 0 aromatic carbocycles. The summed E-state index contributed by atoms with van der Waals surface area (Å²) in [6.45, 7) is 6.02. The molecule has 0 aliphatic carbocycles. The summed E-state index contributed by atoms with van der Waals surface area (Å²) in [6, 6.07) is 5.77. The molecule has 3 heterocycles. The van der Waals surface area contributed by atoms with Crippen LogP contribution in [0, 0.1) is 0 Å². The standard InChI is InChI=1S/C13H18N6O/c1-8-6-19(7-9(2)14-8)13-16-12(17-18-13)10-4-3-5-11(20)15-10/h3-5,8-9,14H,6-7H2,1-2H3,(H,15,20)(H,16,17,18). The number of anilines is 1. The highest BCUT2D eigenvalue weighted by Crippen LogP contribution is 2.16. The van der Waals surface area contributed by atoms with Crippen LogP contribution in [0.15, 0.2) is 23.0 Å². The monoisotopic (exact) mass is 274 g/mol. The van der Waals surface area contributed by atoms with Crippen LogP contribution in [0.4, 0.5) is 5.95 Å². The zero-order valence-corrected chi connectivity index (χ0v) is 11.6. The van der Waals surface area contributed by atoms with Crippen molar-refractivity contribution < 1.29 is 0 Å². The van der Waals surface area contributed by atoms with Gasteiger partial charge in [-0.1, -0.05) is 6.07 Å². The van der Waals surface area contributed by atoms with Crippen LogP contribution in [0.3, 0.4) is 0 Å². The van der Waals surface area contributed by atoms with Crippen molar-refractivity contribution in [1.29, 1.82) is 0 Å². The third-order valence-electron chi connectivity index (χ3n) is 3.34. The lowest BCUT2D eigenvalue weighted by atomic mass is 10.1. The van der Waals surface area contributed by atoms with E-state index in [0.29, 0.717) is 29.6 Å². The lowest BCUT2D eigenvalue weighted by molar-refractivity contribution is 0.403. The van der Waals surface area contributed by atoms with Gasteiger partial charge < -0.3 is 15.2 Å². The minimum atomic E-state index is -0.148. The van der Waals surface area contributed by atoms with Gasteiger partial charge in [-0.15, -0.1) is 5.10 Å². The van der Waals surface area contributed by atoms with Crippen molar-refractivity contribution >= 4 is 5.95 Å². The van der Waals surface area contributed by atoms with E-state index in [-0.39, 0.29) is 5.56 Å². The van der Waals surface area contributed by atoms with Gasteiger partial charge in [0.1, 0.15) is 0 Å². The maximum Gasteiger partial charge on any atom is 0.248 e. The summed E-state index contributed by atoms with van der Waals surface area (Å²) in [7, 11) is 0. The summed E-state index contributed by atoms with van der Waals surface area (Å²) in [5, 5.41) is 10.6. The third kappa shape index (κ3) is 2.57. The van der Waals surface area contributed by atoms with Crippen molar-refractivity contribution in [3.8, 4) is 11.5 Å². The molecule has 0 amide bonds. The number of hydrogen-bond acceptors (Lipinski definition) is 5. The van der Waals surface area contributed by atoms with E-state index in [0.717, 1.165) is 13.1 Å². The number of aromatic amines is 2. The Morgan fingerprint density at radius 2 is 2.00 bits per heavy atom. The number of nitrogens with one attached hydrogen (secondary N) is 3. The fourth-order valence-corrected chi connectivity index (χ4v) is 2.59. The van der Waals surface area contributed by atoms with Gasteiger partial charge in [-0.25, -0.2) is 0 Å². The first-order valence-electron chi connectivity index (χ1n) is 6.75. The maximum atomic E-state index is 11.3. The number of nitrogens with zero attached hydrogens (tertiary/aromatic N) is 3. The number of hydrogen-bond donors (Lipinski definition) is 3. The molecule has 2 atom stereocenters. The Bertz CT molecular complexity index is 638. The van der Waals surface area contributed by atoms with Gasteiger partial charge in [0.15, 0.2) is 5.82 Å². The molecule has 1 saturated heterocycles. The zero-order chi connectivity index (χ0) is 14.1. The van der Waals surface area contributed by atoms with Crippen LogP contribution in [0.25, 0.3) is 11.5 Å². The molecule has 7 heteroatoms. The molecule has 1 fully saturated rings. The van der Waals surface area contributed by atoms with E-state index in [9.17, 15) is 4.79 Å². The van der Waals surface area contributed by atoms with Gasteiger partial charge in [-0.05, 0) is 19.9 Å². The Kier molecular flexibility index (Phi) is 3.27. The number of pyridine rings is 1. The van der Waals surface area contributed by atoms with E-state index in [1.54, 1.807) is 12.1 Å². The quantitative estimate of drug-likeness (QED) is 0.735. The van der Waals surface area contributed by atoms with Crippen molar-refractivity contribution in [1.82, 2.24) is 25.5 Å². The van der Waals surface area contributed by atoms with Crippen LogP contribution in [0.1, 0.15) is 13.8 Å². The second kappa shape index (κ2) is 5.09. The molecule has 0 spiro atoms. The first-order chi connectivity index (χ1) is 9.61. The van der Waals surface area contributed by atoms with E-state index in [1.807, 2.05) is 0 Å². The summed E-state index contributed by atoms with van der Waals surface area (Å²) < 4.78 is 0. The van der Waals surface area contributed by atoms with E-state index >= 15 is 0 Å². The summed E-state index contributed by atoms with van der Waals surface area (Å²) in [4.78, 5) is 20.7. The van der Waals surface area contributed by atoms with Crippen molar-refractivity contribution in [2.75, 3.05) is 18.0 Å². The molecule has 2 aromatic heterocycles. The predicted octanol–water partition coefficient (Wildman–Crippen LogP) is 0.347. The second-order valence-corrected chi connectivity index (χ2v) is 5.29. The Morgan fingerprint density at radius 3 is 2.70 bits per heavy atom. The normalized spacial score (nSPS) is 23.0. The summed E-state index contributed by atoms with van der Waals surface area (Å²) in [5.41, 5.74) is 0.498. The number of H-pyrrole nitrogens is 2. The average Bonchev–Trinajstić information content (AvgIpc) is 2.87. The van der Waals surface area contributed by atoms with Crippen LogP contribution in [0.2, 0.25) is 0 Å². The van der Waals surface area contributed by atoms with Crippen LogP contribution < -0.4 is 15.8 Å². The Hall–Kier alpha value is -2.15. The number of piperazine rings is 1.